The lowest BCUT2D eigenvalue weighted by atomic mass is 9.85. The monoisotopic (exact) mass is 925 g/mol. The Kier molecular flexibility index (Phi) is 35.1. The van der Waals surface area contributed by atoms with Gasteiger partial charge in [0.1, 0.15) is 43.2 Å². The third-order valence-electron chi connectivity index (χ3n) is 10.5. The largest absolute Gasteiger partial charge is 0.472 e. The number of phosphoric ester groups is 1. The molecule has 0 spiro atoms. The third kappa shape index (κ3) is 30.2. The van der Waals surface area contributed by atoms with E-state index < -0.39 is 75.7 Å². The Balaban J connectivity index is 2.52. The van der Waals surface area contributed by atoms with Gasteiger partial charge in [-0.3, -0.25) is 23.4 Å². The summed E-state index contributed by atoms with van der Waals surface area (Å²) in [5, 5.41) is 50.2. The van der Waals surface area contributed by atoms with E-state index >= 15 is 0 Å². The number of phosphoric acid groups is 1. The Labute approximate surface area is 382 Å². The van der Waals surface area contributed by atoms with E-state index in [1.54, 1.807) is 12.2 Å². The molecule has 0 aromatic heterocycles. The Morgan fingerprint density at radius 1 is 0.531 bits per heavy atom. The zero-order valence-corrected chi connectivity index (χ0v) is 39.4. The number of allylic oxidation sites excluding steroid dienone is 12. The SMILES string of the molecule is CCCCC/C=C\C/C=C\CCCCCCCCCC(=O)O[C@H](COC(=O)CCC/C=C\C/C=C\C/C=C\C=C\C(=O)CCCCC)COP(=O)(O)OC1[C@H](O)[C@H](O)C(O)[C@H](O)[C@H]1O. The number of carbonyl (C=O) groups excluding carboxylic acids is 3. The molecule has 15 heteroatoms. The zero-order chi connectivity index (χ0) is 47.3. The van der Waals surface area contributed by atoms with Gasteiger partial charge in [0, 0.05) is 19.3 Å². The first kappa shape index (κ1) is 59.0. The maximum Gasteiger partial charge on any atom is 0.472 e. The van der Waals surface area contributed by atoms with Crippen molar-refractivity contribution in [3.63, 3.8) is 0 Å². The predicted octanol–water partition coefficient (Wildman–Crippen LogP) is 8.68. The van der Waals surface area contributed by atoms with Gasteiger partial charge in [0.05, 0.1) is 6.61 Å². The van der Waals surface area contributed by atoms with Crippen LogP contribution in [0.15, 0.2) is 72.9 Å². The average Bonchev–Trinajstić information content (AvgIpc) is 3.27. The van der Waals surface area contributed by atoms with Crippen molar-refractivity contribution in [3.8, 4) is 0 Å². The topological polar surface area (TPSA) is 227 Å². The summed E-state index contributed by atoms with van der Waals surface area (Å²) in [5.74, 6) is -1.07. The molecule has 8 atom stereocenters. The van der Waals surface area contributed by atoms with Crippen LogP contribution in [0.4, 0.5) is 0 Å². The van der Waals surface area contributed by atoms with Gasteiger partial charge in [0.2, 0.25) is 0 Å². The van der Waals surface area contributed by atoms with Crippen molar-refractivity contribution >= 4 is 25.5 Å². The lowest BCUT2D eigenvalue weighted by Gasteiger charge is -2.41. The molecule has 1 fully saturated rings. The van der Waals surface area contributed by atoms with Crippen LogP contribution < -0.4 is 0 Å². The quantitative estimate of drug-likeness (QED) is 0.00851. The first-order valence-corrected chi connectivity index (χ1v) is 25.2. The smallest absolute Gasteiger partial charge is 0.462 e. The minimum absolute atomic E-state index is 0.0598. The molecule has 0 aromatic rings. The minimum atomic E-state index is -5.15. The number of aliphatic hydroxyl groups excluding tert-OH is 5. The van der Waals surface area contributed by atoms with Crippen molar-refractivity contribution in [3.05, 3.63) is 72.9 Å². The lowest BCUT2D eigenvalue weighted by Crippen LogP contribution is -2.64. The van der Waals surface area contributed by atoms with Crippen LogP contribution in [0.3, 0.4) is 0 Å². The lowest BCUT2D eigenvalue weighted by molar-refractivity contribution is -0.220. The van der Waals surface area contributed by atoms with Gasteiger partial charge in [-0.2, -0.15) is 0 Å². The highest BCUT2D eigenvalue weighted by molar-refractivity contribution is 7.47. The van der Waals surface area contributed by atoms with E-state index in [0.717, 1.165) is 83.5 Å². The second kappa shape index (κ2) is 38.1. The van der Waals surface area contributed by atoms with Crippen LogP contribution in [-0.2, 0) is 37.5 Å². The number of unbranched alkanes of at least 4 members (excludes halogenated alkanes) is 13. The number of rotatable bonds is 38. The van der Waals surface area contributed by atoms with Crippen molar-refractivity contribution in [2.45, 2.75) is 204 Å². The van der Waals surface area contributed by atoms with Crippen LogP contribution in [0.25, 0.3) is 0 Å². The molecule has 1 saturated carbocycles. The molecule has 1 rings (SSSR count). The fourth-order valence-electron chi connectivity index (χ4n) is 6.62. The van der Waals surface area contributed by atoms with E-state index in [9.17, 15) is 49.4 Å². The molecule has 0 radical (unpaired) electrons. The summed E-state index contributed by atoms with van der Waals surface area (Å²) in [5.41, 5.74) is 0. The highest BCUT2D eigenvalue weighted by atomic mass is 31.2. The van der Waals surface area contributed by atoms with E-state index in [-0.39, 0.29) is 18.6 Å². The molecular weight excluding hydrogens is 843 g/mol. The molecule has 14 nitrogen and oxygen atoms in total. The van der Waals surface area contributed by atoms with Crippen molar-refractivity contribution < 1.29 is 67.9 Å². The second-order valence-electron chi connectivity index (χ2n) is 16.3. The van der Waals surface area contributed by atoms with Crippen LogP contribution >= 0.6 is 7.82 Å². The predicted molar refractivity (Wildman–Crippen MR) is 249 cm³/mol. The van der Waals surface area contributed by atoms with Crippen molar-refractivity contribution in [1.29, 1.82) is 0 Å². The van der Waals surface area contributed by atoms with Gasteiger partial charge in [-0.15, -0.1) is 0 Å². The Hall–Kier alpha value is -3.04. The van der Waals surface area contributed by atoms with E-state index in [1.165, 1.54) is 19.3 Å². The van der Waals surface area contributed by atoms with Crippen LogP contribution in [0.5, 0.6) is 0 Å². The molecule has 0 heterocycles. The number of ether oxygens (including phenoxy) is 2. The van der Waals surface area contributed by atoms with Crippen molar-refractivity contribution in [2.24, 2.45) is 0 Å². The number of hydrogen-bond donors (Lipinski definition) is 6. The maximum atomic E-state index is 12.8. The van der Waals surface area contributed by atoms with Gasteiger partial charge in [0.15, 0.2) is 11.9 Å². The summed E-state index contributed by atoms with van der Waals surface area (Å²) in [6, 6.07) is 0. The van der Waals surface area contributed by atoms with Gasteiger partial charge in [-0.05, 0) is 76.7 Å². The fourth-order valence-corrected chi connectivity index (χ4v) is 7.59. The average molecular weight is 925 g/mol. The van der Waals surface area contributed by atoms with Crippen LogP contribution in [0, 0.1) is 0 Å². The van der Waals surface area contributed by atoms with Crippen LogP contribution in [0.2, 0.25) is 0 Å². The summed E-state index contributed by atoms with van der Waals surface area (Å²) >= 11 is 0. The molecule has 1 aliphatic rings. The molecule has 1 aliphatic carbocycles. The molecule has 366 valence electrons. The van der Waals surface area contributed by atoms with Crippen molar-refractivity contribution in [1.82, 2.24) is 0 Å². The molecular formula is C49H81O14P. The zero-order valence-electron chi connectivity index (χ0n) is 38.5. The van der Waals surface area contributed by atoms with Crippen molar-refractivity contribution in [2.75, 3.05) is 13.2 Å². The first-order valence-electron chi connectivity index (χ1n) is 23.7. The molecule has 0 bridgehead atoms. The highest BCUT2D eigenvalue weighted by Gasteiger charge is 2.51. The fraction of sp³-hybridized carbons (Fsp3) is 0.694. The second-order valence-corrected chi connectivity index (χ2v) is 17.7. The number of carbonyl (C=O) groups is 3. The Bertz CT molecular complexity index is 1460. The Morgan fingerprint density at radius 3 is 1.61 bits per heavy atom. The van der Waals surface area contributed by atoms with E-state index in [2.05, 4.69) is 38.2 Å². The number of aliphatic hydroxyl groups is 5. The summed E-state index contributed by atoms with van der Waals surface area (Å²) in [4.78, 5) is 47.5. The van der Waals surface area contributed by atoms with Gasteiger partial charge in [-0.1, -0.05) is 138 Å². The highest BCUT2D eigenvalue weighted by Crippen LogP contribution is 2.47. The van der Waals surface area contributed by atoms with Gasteiger partial charge in [-0.25, -0.2) is 4.57 Å². The number of esters is 2. The molecule has 0 aromatic carbocycles. The summed E-state index contributed by atoms with van der Waals surface area (Å²) in [6.07, 6.45) is 30.8. The molecule has 3 unspecified atom stereocenters. The summed E-state index contributed by atoms with van der Waals surface area (Å²) in [7, 11) is -5.15. The standard InChI is InChI=1S/C49H81O14P/c1-3-5-7-8-9-10-11-12-13-14-15-16-19-23-26-29-33-37-43(52)62-41(39-61-64(58,59)63-49-47(56)45(54)44(53)46(55)48(49)57)38-60-42(51)36-32-28-25-22-20-17-18-21-24-27-31-35-40(50)34-30-6-4-2/h9-10,12-13,17-18,22,24-25,27,31,35,41,44-49,53-57H,3-8,11,14-16,19-21,23,26,28-30,32-34,36-39H2,1-2H3,(H,58,59)/b10-9-,13-12-,18-17-,25-22-,27-24-,35-31+/t41-,44?,45-,46+,47-,48-,49?/m1/s1. The van der Waals surface area contributed by atoms with Crippen LogP contribution in [-0.4, -0.2) is 104 Å². The summed E-state index contributed by atoms with van der Waals surface area (Å²) < 4.78 is 33.4. The number of hydrogen-bond acceptors (Lipinski definition) is 13. The molecule has 0 saturated heterocycles. The number of ketones is 1. The van der Waals surface area contributed by atoms with E-state index in [1.807, 2.05) is 36.5 Å². The molecule has 0 amide bonds. The van der Waals surface area contributed by atoms with Gasteiger partial charge >= 0.3 is 19.8 Å². The molecule has 6 N–H and O–H groups in total. The first-order chi connectivity index (χ1) is 30.8. The molecule has 0 aliphatic heterocycles. The van der Waals surface area contributed by atoms with Gasteiger partial charge in [0.25, 0.3) is 0 Å². The Morgan fingerprint density at radius 2 is 1.00 bits per heavy atom. The third-order valence-corrected chi connectivity index (χ3v) is 11.5. The normalized spacial score (nSPS) is 22.1. The van der Waals surface area contributed by atoms with E-state index in [4.69, 9.17) is 18.5 Å². The van der Waals surface area contributed by atoms with Gasteiger partial charge < -0.3 is 39.9 Å². The maximum absolute atomic E-state index is 12.8. The summed E-state index contributed by atoms with van der Waals surface area (Å²) in [6.45, 7) is 3.05. The minimum Gasteiger partial charge on any atom is -0.462 e. The van der Waals surface area contributed by atoms with Crippen LogP contribution in [0.1, 0.15) is 162 Å². The molecule has 64 heavy (non-hydrogen) atoms. The van der Waals surface area contributed by atoms with E-state index in [0.29, 0.717) is 32.1 Å².